The third-order valence-electron chi connectivity index (χ3n) is 5.22. The second-order valence-corrected chi connectivity index (χ2v) is 8.32. The van der Waals surface area contributed by atoms with E-state index in [9.17, 15) is 5.11 Å². The Morgan fingerprint density at radius 1 is 0.885 bits per heavy atom. The Labute approximate surface area is 162 Å². The fourth-order valence-corrected chi connectivity index (χ4v) is 3.52. The van der Waals surface area contributed by atoms with E-state index in [2.05, 4.69) is 13.0 Å². The Morgan fingerprint density at radius 3 is 1.85 bits per heavy atom. The summed E-state index contributed by atoms with van der Waals surface area (Å²) in [6.07, 6.45) is 22.2. The zero-order chi connectivity index (χ0) is 19.1. The molecule has 0 aromatic rings. The fraction of sp³-hybridized carbons (Fsp3) is 0.913. The van der Waals surface area contributed by atoms with Crippen LogP contribution in [0, 0.1) is 0 Å². The predicted molar refractivity (Wildman–Crippen MR) is 110 cm³/mol. The van der Waals surface area contributed by atoms with E-state index in [-0.39, 0.29) is 6.10 Å². The smallest absolute Gasteiger partial charge is 0.163 e. The number of hydrogen-bond acceptors (Lipinski definition) is 3. The molecule has 26 heavy (non-hydrogen) atoms. The van der Waals surface area contributed by atoms with Gasteiger partial charge in [-0.05, 0) is 26.7 Å². The highest BCUT2D eigenvalue weighted by Gasteiger charge is 2.35. The summed E-state index contributed by atoms with van der Waals surface area (Å²) in [6, 6.07) is 0. The van der Waals surface area contributed by atoms with Gasteiger partial charge in [-0.15, -0.1) is 0 Å². The van der Waals surface area contributed by atoms with E-state index in [1.165, 1.54) is 83.5 Å². The molecule has 3 nitrogen and oxygen atoms in total. The Kier molecular flexibility index (Phi) is 13.3. The quantitative estimate of drug-likeness (QED) is 0.248. The van der Waals surface area contributed by atoms with Crippen LogP contribution in [-0.4, -0.2) is 29.7 Å². The molecule has 1 aliphatic rings. The molecule has 0 amide bonds. The normalized spacial score (nSPS) is 20.8. The van der Waals surface area contributed by atoms with Crippen molar-refractivity contribution in [1.29, 1.82) is 0 Å². The third-order valence-corrected chi connectivity index (χ3v) is 5.22. The van der Waals surface area contributed by atoms with E-state index in [1.54, 1.807) is 0 Å². The highest BCUT2D eigenvalue weighted by molar-refractivity contribution is 4.94. The molecule has 1 heterocycles. The molecule has 1 saturated heterocycles. The van der Waals surface area contributed by atoms with Crippen LogP contribution in [-0.2, 0) is 9.47 Å². The van der Waals surface area contributed by atoms with E-state index < -0.39 is 11.9 Å². The van der Waals surface area contributed by atoms with Gasteiger partial charge < -0.3 is 14.6 Å². The molecule has 0 aliphatic carbocycles. The van der Waals surface area contributed by atoms with Gasteiger partial charge >= 0.3 is 0 Å². The summed E-state index contributed by atoms with van der Waals surface area (Å²) in [5, 5.41) is 10.1. The van der Waals surface area contributed by atoms with Crippen molar-refractivity contribution in [3.63, 3.8) is 0 Å². The lowest BCUT2D eigenvalue weighted by molar-refractivity contribution is -0.147. The number of hydrogen-bond donors (Lipinski definition) is 1. The Hall–Kier alpha value is -0.380. The number of aliphatic hydroxyl groups is 1. The van der Waals surface area contributed by atoms with Crippen LogP contribution in [0.5, 0.6) is 0 Å². The lowest BCUT2D eigenvalue weighted by Crippen LogP contribution is -2.29. The van der Waals surface area contributed by atoms with Crippen LogP contribution in [0.2, 0.25) is 0 Å². The first-order valence-electron chi connectivity index (χ1n) is 11.2. The molecule has 1 rings (SSSR count). The monoisotopic (exact) mass is 368 g/mol. The molecule has 0 unspecified atom stereocenters. The standard InChI is InChI=1S/C23H44O3/c1-4-5-6-7-8-9-10-11-12-13-14-15-16-17-18-19-21(24)22-20-25-23(2,3)26-22/h18-19,21-22,24H,4-17,20H2,1-3H3/b19-18+/t21-,22+/m0/s1. The van der Waals surface area contributed by atoms with Crippen LogP contribution in [0.1, 0.15) is 111 Å². The number of unbranched alkanes of at least 4 members (excludes halogenated alkanes) is 13. The molecule has 1 aliphatic heterocycles. The SMILES string of the molecule is CCCCCCCCCCCCCCC/C=C/[C@H](O)[C@H]1COC(C)(C)O1. The van der Waals surface area contributed by atoms with Crippen molar-refractivity contribution in [3.8, 4) is 0 Å². The van der Waals surface area contributed by atoms with Gasteiger partial charge in [0.25, 0.3) is 0 Å². The van der Waals surface area contributed by atoms with Crippen LogP contribution >= 0.6 is 0 Å². The maximum Gasteiger partial charge on any atom is 0.163 e. The highest BCUT2D eigenvalue weighted by Crippen LogP contribution is 2.24. The van der Waals surface area contributed by atoms with Gasteiger partial charge in [0.2, 0.25) is 0 Å². The first kappa shape index (κ1) is 23.7. The van der Waals surface area contributed by atoms with Gasteiger partial charge in [0.05, 0.1) is 6.61 Å². The Balaban J connectivity index is 1.83. The molecule has 0 spiro atoms. The topological polar surface area (TPSA) is 38.7 Å². The lowest BCUT2D eigenvalue weighted by atomic mass is 10.0. The maximum absolute atomic E-state index is 10.1. The van der Waals surface area contributed by atoms with Crippen LogP contribution in [0.25, 0.3) is 0 Å². The summed E-state index contributed by atoms with van der Waals surface area (Å²) in [7, 11) is 0. The van der Waals surface area contributed by atoms with Crippen molar-refractivity contribution >= 4 is 0 Å². The van der Waals surface area contributed by atoms with Crippen molar-refractivity contribution in [2.24, 2.45) is 0 Å². The number of ether oxygens (including phenoxy) is 2. The van der Waals surface area contributed by atoms with Crippen molar-refractivity contribution in [2.75, 3.05) is 6.61 Å². The van der Waals surface area contributed by atoms with E-state index in [4.69, 9.17) is 9.47 Å². The van der Waals surface area contributed by atoms with Gasteiger partial charge in [-0.1, -0.05) is 96.1 Å². The molecule has 0 radical (unpaired) electrons. The first-order chi connectivity index (χ1) is 12.5. The summed E-state index contributed by atoms with van der Waals surface area (Å²) in [4.78, 5) is 0. The lowest BCUT2D eigenvalue weighted by Gasteiger charge is -2.18. The van der Waals surface area contributed by atoms with Crippen LogP contribution < -0.4 is 0 Å². The second kappa shape index (κ2) is 14.6. The van der Waals surface area contributed by atoms with E-state index in [1.807, 2.05) is 19.9 Å². The fourth-order valence-electron chi connectivity index (χ4n) is 3.52. The van der Waals surface area contributed by atoms with Crippen LogP contribution in [0.15, 0.2) is 12.2 Å². The molecular weight excluding hydrogens is 324 g/mol. The Bertz CT molecular complexity index is 351. The van der Waals surface area contributed by atoms with Crippen molar-refractivity contribution in [3.05, 3.63) is 12.2 Å². The minimum atomic E-state index is -0.561. The zero-order valence-corrected chi connectivity index (χ0v) is 17.7. The zero-order valence-electron chi connectivity index (χ0n) is 17.7. The van der Waals surface area contributed by atoms with Gasteiger partial charge in [0.1, 0.15) is 12.2 Å². The molecule has 154 valence electrons. The summed E-state index contributed by atoms with van der Waals surface area (Å²) >= 11 is 0. The van der Waals surface area contributed by atoms with Gasteiger partial charge in [-0.25, -0.2) is 0 Å². The Morgan fingerprint density at radius 2 is 1.38 bits per heavy atom. The minimum Gasteiger partial charge on any atom is -0.386 e. The summed E-state index contributed by atoms with van der Waals surface area (Å²) in [5.74, 6) is -0.561. The average Bonchev–Trinajstić information content (AvgIpc) is 2.98. The highest BCUT2D eigenvalue weighted by atomic mass is 16.7. The molecule has 0 aromatic heterocycles. The minimum absolute atomic E-state index is 0.229. The third kappa shape index (κ3) is 12.1. The van der Waals surface area contributed by atoms with Crippen molar-refractivity contribution in [1.82, 2.24) is 0 Å². The van der Waals surface area contributed by atoms with Crippen LogP contribution in [0.4, 0.5) is 0 Å². The molecule has 1 N–H and O–H groups in total. The predicted octanol–water partition coefficient (Wildman–Crippen LogP) is 6.54. The van der Waals surface area contributed by atoms with Crippen molar-refractivity contribution in [2.45, 2.75) is 129 Å². The average molecular weight is 369 g/mol. The van der Waals surface area contributed by atoms with Gasteiger partial charge in [-0.3, -0.25) is 0 Å². The second-order valence-electron chi connectivity index (χ2n) is 8.32. The first-order valence-corrected chi connectivity index (χ1v) is 11.2. The number of aliphatic hydroxyl groups excluding tert-OH is 1. The largest absolute Gasteiger partial charge is 0.386 e. The van der Waals surface area contributed by atoms with E-state index in [0.29, 0.717) is 6.61 Å². The molecule has 0 bridgehead atoms. The van der Waals surface area contributed by atoms with Gasteiger partial charge in [0.15, 0.2) is 5.79 Å². The maximum atomic E-state index is 10.1. The number of rotatable bonds is 16. The molecule has 3 heteroatoms. The molecular formula is C23H44O3. The molecule has 0 saturated carbocycles. The molecule has 1 fully saturated rings. The summed E-state index contributed by atoms with van der Waals surface area (Å²) < 4.78 is 11.1. The summed E-state index contributed by atoms with van der Waals surface area (Å²) in [6.45, 7) is 6.52. The number of allylic oxidation sites excluding steroid dienone is 1. The van der Waals surface area contributed by atoms with Gasteiger partial charge in [0, 0.05) is 0 Å². The molecule has 2 atom stereocenters. The van der Waals surface area contributed by atoms with Crippen molar-refractivity contribution < 1.29 is 14.6 Å². The van der Waals surface area contributed by atoms with E-state index >= 15 is 0 Å². The van der Waals surface area contributed by atoms with E-state index in [0.717, 1.165) is 6.42 Å². The van der Waals surface area contributed by atoms with Crippen LogP contribution in [0.3, 0.4) is 0 Å². The molecule has 0 aromatic carbocycles. The summed E-state index contributed by atoms with van der Waals surface area (Å²) in [5.41, 5.74) is 0. The van der Waals surface area contributed by atoms with Gasteiger partial charge in [-0.2, -0.15) is 0 Å².